The van der Waals surface area contributed by atoms with Crippen molar-refractivity contribution >= 4 is 36.5 Å². The molecule has 0 unspecified atom stereocenters. The van der Waals surface area contributed by atoms with Gasteiger partial charge in [-0.05, 0) is 25.8 Å². The fourth-order valence-corrected chi connectivity index (χ4v) is 2.55. The lowest BCUT2D eigenvalue weighted by molar-refractivity contribution is -0.125. The standard InChI is InChI=1S/C15H25N5O.2ClH/c1-2-5-16-6-9-19-15(21)13-3-10-20(11-4-13)14-12-17-7-8-18-14;;/h7-8,12-13,16H,2-6,9-11H2,1H3,(H,19,21);2*1H. The molecule has 0 spiro atoms. The molecule has 0 saturated carbocycles. The third-order valence-corrected chi connectivity index (χ3v) is 3.77. The van der Waals surface area contributed by atoms with Gasteiger partial charge in [0.05, 0.1) is 6.20 Å². The first kappa shape index (κ1) is 21.9. The van der Waals surface area contributed by atoms with Crippen molar-refractivity contribution in [2.24, 2.45) is 5.92 Å². The van der Waals surface area contributed by atoms with E-state index in [2.05, 4.69) is 32.4 Å². The molecule has 1 saturated heterocycles. The lowest BCUT2D eigenvalue weighted by Gasteiger charge is -2.31. The number of piperidine rings is 1. The molecule has 0 bridgehead atoms. The van der Waals surface area contributed by atoms with Gasteiger partial charge in [-0.3, -0.25) is 9.78 Å². The highest BCUT2D eigenvalue weighted by Gasteiger charge is 2.25. The summed E-state index contributed by atoms with van der Waals surface area (Å²) < 4.78 is 0. The second-order valence-electron chi connectivity index (χ2n) is 5.37. The Hall–Kier alpha value is -1.11. The van der Waals surface area contributed by atoms with Crippen molar-refractivity contribution in [1.82, 2.24) is 20.6 Å². The lowest BCUT2D eigenvalue weighted by atomic mass is 9.96. The molecule has 1 amide bonds. The number of hydrogen-bond acceptors (Lipinski definition) is 5. The average molecular weight is 364 g/mol. The molecule has 2 N–H and O–H groups in total. The molecule has 23 heavy (non-hydrogen) atoms. The molecule has 1 aromatic rings. The van der Waals surface area contributed by atoms with Crippen LogP contribution in [0.4, 0.5) is 5.82 Å². The Morgan fingerprint density at radius 1 is 1.22 bits per heavy atom. The van der Waals surface area contributed by atoms with Crippen LogP contribution in [0.3, 0.4) is 0 Å². The summed E-state index contributed by atoms with van der Waals surface area (Å²) >= 11 is 0. The van der Waals surface area contributed by atoms with E-state index in [0.717, 1.165) is 51.3 Å². The van der Waals surface area contributed by atoms with Crippen LogP contribution in [0.5, 0.6) is 0 Å². The van der Waals surface area contributed by atoms with Gasteiger partial charge >= 0.3 is 0 Å². The Bertz CT molecular complexity index is 427. The number of rotatable bonds is 7. The molecular weight excluding hydrogens is 337 g/mol. The van der Waals surface area contributed by atoms with Crippen LogP contribution in [0.25, 0.3) is 0 Å². The van der Waals surface area contributed by atoms with Crippen molar-refractivity contribution in [2.75, 3.05) is 37.6 Å². The maximum absolute atomic E-state index is 12.1. The average Bonchev–Trinajstić information content (AvgIpc) is 2.55. The maximum Gasteiger partial charge on any atom is 0.223 e. The van der Waals surface area contributed by atoms with Crippen LogP contribution in [-0.2, 0) is 4.79 Å². The summed E-state index contributed by atoms with van der Waals surface area (Å²) in [6.07, 6.45) is 8.04. The minimum Gasteiger partial charge on any atom is -0.355 e. The van der Waals surface area contributed by atoms with Crippen LogP contribution in [0.2, 0.25) is 0 Å². The van der Waals surface area contributed by atoms with E-state index in [9.17, 15) is 4.79 Å². The normalized spacial score (nSPS) is 14.6. The SMILES string of the molecule is CCCNCCNC(=O)C1CCN(c2cnccn2)CC1.Cl.Cl. The molecule has 132 valence electrons. The fourth-order valence-electron chi connectivity index (χ4n) is 2.55. The van der Waals surface area contributed by atoms with Gasteiger partial charge in [-0.2, -0.15) is 0 Å². The summed E-state index contributed by atoms with van der Waals surface area (Å²) in [5, 5.41) is 6.30. The van der Waals surface area contributed by atoms with Crippen molar-refractivity contribution in [3.8, 4) is 0 Å². The number of nitrogens with zero attached hydrogens (tertiary/aromatic N) is 3. The first-order valence-electron chi connectivity index (χ1n) is 7.80. The minimum atomic E-state index is 0. The van der Waals surface area contributed by atoms with Gasteiger partial charge in [0.2, 0.25) is 5.91 Å². The molecule has 1 aliphatic heterocycles. The largest absolute Gasteiger partial charge is 0.355 e. The second kappa shape index (κ2) is 12.3. The highest BCUT2D eigenvalue weighted by molar-refractivity contribution is 5.85. The molecule has 0 aromatic carbocycles. The van der Waals surface area contributed by atoms with Gasteiger partial charge in [0, 0.05) is 44.5 Å². The number of anilines is 1. The second-order valence-corrected chi connectivity index (χ2v) is 5.37. The number of aromatic nitrogens is 2. The van der Waals surface area contributed by atoms with Crippen LogP contribution >= 0.6 is 24.8 Å². The summed E-state index contributed by atoms with van der Waals surface area (Å²) in [7, 11) is 0. The van der Waals surface area contributed by atoms with Crippen LogP contribution in [0.15, 0.2) is 18.6 Å². The molecule has 8 heteroatoms. The summed E-state index contributed by atoms with van der Waals surface area (Å²) in [5.41, 5.74) is 0. The van der Waals surface area contributed by atoms with Crippen LogP contribution in [0, 0.1) is 5.92 Å². The van der Waals surface area contributed by atoms with Gasteiger partial charge in [-0.1, -0.05) is 6.92 Å². The van der Waals surface area contributed by atoms with E-state index >= 15 is 0 Å². The van der Waals surface area contributed by atoms with E-state index in [0.29, 0.717) is 6.54 Å². The Kier molecular flexibility index (Phi) is 11.7. The highest BCUT2D eigenvalue weighted by Crippen LogP contribution is 2.20. The Morgan fingerprint density at radius 2 is 1.96 bits per heavy atom. The summed E-state index contributed by atoms with van der Waals surface area (Å²) in [4.78, 5) is 22.7. The summed E-state index contributed by atoms with van der Waals surface area (Å²) in [5.74, 6) is 1.22. The van der Waals surface area contributed by atoms with Crippen molar-refractivity contribution in [1.29, 1.82) is 0 Å². The van der Waals surface area contributed by atoms with E-state index < -0.39 is 0 Å². The zero-order chi connectivity index (χ0) is 14.9. The van der Waals surface area contributed by atoms with Crippen molar-refractivity contribution in [2.45, 2.75) is 26.2 Å². The molecule has 0 aliphatic carbocycles. The number of carbonyl (C=O) groups is 1. The predicted octanol–water partition coefficient (Wildman–Crippen LogP) is 1.65. The predicted molar refractivity (Wildman–Crippen MR) is 97.6 cm³/mol. The van der Waals surface area contributed by atoms with Crippen LogP contribution < -0.4 is 15.5 Å². The number of amides is 1. The molecule has 0 radical (unpaired) electrons. The third-order valence-electron chi connectivity index (χ3n) is 3.77. The van der Waals surface area contributed by atoms with Gasteiger partial charge < -0.3 is 15.5 Å². The van der Waals surface area contributed by atoms with Crippen molar-refractivity contribution < 1.29 is 4.79 Å². The van der Waals surface area contributed by atoms with Gasteiger partial charge in [0.1, 0.15) is 5.82 Å². The number of hydrogen-bond donors (Lipinski definition) is 2. The molecule has 1 aliphatic rings. The molecular formula is C15H27Cl2N5O. The summed E-state index contributed by atoms with van der Waals surface area (Å²) in [6, 6.07) is 0. The zero-order valence-electron chi connectivity index (χ0n) is 13.5. The number of halogens is 2. The third kappa shape index (κ3) is 7.33. The highest BCUT2D eigenvalue weighted by atomic mass is 35.5. The Balaban J connectivity index is 0.00000242. The first-order chi connectivity index (χ1) is 10.3. The minimum absolute atomic E-state index is 0. The van der Waals surface area contributed by atoms with Gasteiger partial charge in [-0.25, -0.2) is 4.98 Å². The van der Waals surface area contributed by atoms with Crippen molar-refractivity contribution in [3.63, 3.8) is 0 Å². The van der Waals surface area contributed by atoms with Crippen LogP contribution in [-0.4, -0.2) is 48.6 Å². The first-order valence-corrected chi connectivity index (χ1v) is 7.80. The van der Waals surface area contributed by atoms with E-state index in [1.807, 2.05) is 0 Å². The van der Waals surface area contributed by atoms with Gasteiger partial charge in [-0.15, -0.1) is 24.8 Å². The Morgan fingerprint density at radius 3 is 2.57 bits per heavy atom. The molecule has 2 heterocycles. The summed E-state index contributed by atoms with van der Waals surface area (Å²) in [6.45, 7) is 6.43. The quantitative estimate of drug-likeness (QED) is 0.720. The molecule has 1 fully saturated rings. The Labute approximate surface area is 150 Å². The lowest BCUT2D eigenvalue weighted by Crippen LogP contribution is -2.42. The number of carbonyl (C=O) groups excluding carboxylic acids is 1. The smallest absolute Gasteiger partial charge is 0.223 e. The van der Waals surface area contributed by atoms with Gasteiger partial charge in [0.15, 0.2) is 0 Å². The van der Waals surface area contributed by atoms with Crippen LogP contribution in [0.1, 0.15) is 26.2 Å². The fraction of sp³-hybridized carbons (Fsp3) is 0.667. The maximum atomic E-state index is 12.1. The molecule has 2 rings (SSSR count). The topological polar surface area (TPSA) is 70.2 Å². The molecule has 6 nitrogen and oxygen atoms in total. The zero-order valence-corrected chi connectivity index (χ0v) is 15.2. The monoisotopic (exact) mass is 363 g/mol. The van der Waals surface area contributed by atoms with E-state index in [1.165, 1.54) is 0 Å². The van der Waals surface area contributed by atoms with E-state index in [1.54, 1.807) is 18.6 Å². The van der Waals surface area contributed by atoms with Crippen molar-refractivity contribution in [3.05, 3.63) is 18.6 Å². The molecule has 0 atom stereocenters. The van der Waals surface area contributed by atoms with E-state index in [-0.39, 0.29) is 36.6 Å². The number of nitrogens with one attached hydrogen (secondary N) is 2. The van der Waals surface area contributed by atoms with Gasteiger partial charge in [0.25, 0.3) is 0 Å². The molecule has 1 aromatic heterocycles. The van der Waals surface area contributed by atoms with E-state index in [4.69, 9.17) is 0 Å².